The first kappa shape index (κ1) is 32.3. The van der Waals surface area contributed by atoms with Gasteiger partial charge in [0.25, 0.3) is 0 Å². The van der Waals surface area contributed by atoms with Crippen LogP contribution in [0.5, 0.6) is 11.5 Å². The number of ketones is 2. The molecule has 0 aliphatic carbocycles. The summed E-state index contributed by atoms with van der Waals surface area (Å²) in [6.45, 7) is 0. The van der Waals surface area contributed by atoms with Crippen LogP contribution in [0.1, 0.15) is 31.8 Å². The molecule has 0 unspecified atom stereocenters. The Morgan fingerprint density at radius 2 is 0.774 bits per heavy atom. The second-order valence-electron chi connectivity index (χ2n) is 12.9. The van der Waals surface area contributed by atoms with Crippen LogP contribution in [0.15, 0.2) is 170 Å². The van der Waals surface area contributed by atoms with Gasteiger partial charge in [-0.25, -0.2) is 4.57 Å². The maximum atomic E-state index is 14.0. The summed E-state index contributed by atoms with van der Waals surface area (Å²) in [6.07, 6.45) is 0. The van der Waals surface area contributed by atoms with Crippen molar-refractivity contribution in [2.45, 2.75) is 0 Å². The molecule has 0 aromatic heterocycles. The Kier molecular flexibility index (Phi) is 7.85. The molecule has 0 radical (unpaired) electrons. The fraction of sp³-hybridized carbons (Fsp3) is 0. The van der Waals surface area contributed by atoms with Crippen molar-refractivity contribution in [3.63, 3.8) is 0 Å². The van der Waals surface area contributed by atoms with E-state index in [2.05, 4.69) is 0 Å². The standard InChI is InChI=1S/C46H29O6P/c47-43(31-11-3-1-4-12-31)33-23-19-29(20-24-33)39-27-35-15-7-9-17-37(35)41-42-38-18-10-8-16-36(38)28-40(46(42)52-53(49,50)51-45(39)41)30-21-25-34(26-22-30)44(48)32-13-5-2-6-14-32/h1-28H,(H,49,50). The molecule has 9 rings (SSSR count). The van der Waals surface area contributed by atoms with E-state index in [4.69, 9.17) is 9.05 Å². The van der Waals surface area contributed by atoms with Gasteiger partial charge in [0.05, 0.1) is 0 Å². The third-order valence-electron chi connectivity index (χ3n) is 9.65. The summed E-state index contributed by atoms with van der Waals surface area (Å²) in [4.78, 5) is 37.9. The van der Waals surface area contributed by atoms with Gasteiger partial charge < -0.3 is 9.05 Å². The molecule has 53 heavy (non-hydrogen) atoms. The van der Waals surface area contributed by atoms with E-state index < -0.39 is 7.82 Å². The minimum absolute atomic E-state index is 0.107. The molecule has 0 fully saturated rings. The third kappa shape index (κ3) is 5.81. The summed E-state index contributed by atoms with van der Waals surface area (Å²) in [6, 6.07) is 52.0. The highest BCUT2D eigenvalue weighted by Gasteiger charge is 2.37. The molecule has 0 spiro atoms. The van der Waals surface area contributed by atoms with Crippen LogP contribution < -0.4 is 9.05 Å². The molecule has 0 saturated carbocycles. The highest BCUT2D eigenvalue weighted by atomic mass is 31.2. The topological polar surface area (TPSA) is 89.9 Å². The Bertz CT molecular complexity index is 2590. The number of phosphoric acid groups is 1. The molecule has 8 aromatic carbocycles. The molecule has 8 aromatic rings. The molecule has 0 amide bonds. The summed E-state index contributed by atoms with van der Waals surface area (Å²) in [5.41, 5.74) is 5.94. The number of hydrogen-bond acceptors (Lipinski definition) is 5. The van der Waals surface area contributed by atoms with E-state index in [1.807, 2.05) is 121 Å². The van der Waals surface area contributed by atoms with Crippen molar-refractivity contribution in [1.29, 1.82) is 0 Å². The van der Waals surface area contributed by atoms with Gasteiger partial charge in [-0.2, -0.15) is 0 Å². The number of carbonyl (C=O) groups excluding carboxylic acids is 2. The van der Waals surface area contributed by atoms with Crippen LogP contribution in [0.25, 0.3) is 54.9 Å². The molecule has 0 atom stereocenters. The molecule has 7 heteroatoms. The number of fused-ring (bicyclic) bond motifs is 7. The molecule has 0 saturated heterocycles. The Hall–Kier alpha value is -6.59. The predicted octanol–water partition coefficient (Wildman–Crippen LogP) is 11.3. The van der Waals surface area contributed by atoms with Crippen molar-refractivity contribution in [3.8, 4) is 44.9 Å². The molecular weight excluding hydrogens is 679 g/mol. The number of phosphoric ester groups is 1. The summed E-state index contributed by atoms with van der Waals surface area (Å²) in [7, 11) is -4.78. The van der Waals surface area contributed by atoms with Gasteiger partial charge in [0.15, 0.2) is 11.6 Å². The highest BCUT2D eigenvalue weighted by Crippen LogP contribution is 2.61. The van der Waals surface area contributed by atoms with Crippen LogP contribution in [0.4, 0.5) is 0 Å². The Morgan fingerprint density at radius 3 is 1.17 bits per heavy atom. The van der Waals surface area contributed by atoms with Crippen molar-refractivity contribution in [1.82, 2.24) is 0 Å². The molecular formula is C46H29O6P. The van der Waals surface area contributed by atoms with Gasteiger partial charge in [0, 0.05) is 44.5 Å². The molecule has 0 bridgehead atoms. The zero-order chi connectivity index (χ0) is 36.1. The molecule has 6 nitrogen and oxygen atoms in total. The van der Waals surface area contributed by atoms with Crippen molar-refractivity contribution in [2.75, 3.05) is 0 Å². The normalized spacial score (nSPS) is 12.9. The average Bonchev–Trinajstić information content (AvgIpc) is 3.34. The summed E-state index contributed by atoms with van der Waals surface area (Å²) < 4.78 is 26.2. The quantitative estimate of drug-likeness (QED) is 0.137. The lowest BCUT2D eigenvalue weighted by Crippen LogP contribution is -2.01. The third-order valence-corrected chi connectivity index (χ3v) is 10.5. The number of rotatable bonds is 6. The number of benzene rings is 8. The van der Waals surface area contributed by atoms with E-state index in [0.717, 1.165) is 21.5 Å². The second-order valence-corrected chi connectivity index (χ2v) is 14.2. The van der Waals surface area contributed by atoms with Gasteiger partial charge in [-0.3, -0.25) is 14.5 Å². The highest BCUT2D eigenvalue weighted by molar-refractivity contribution is 7.48. The van der Waals surface area contributed by atoms with Gasteiger partial charge in [0.2, 0.25) is 0 Å². The van der Waals surface area contributed by atoms with Crippen LogP contribution >= 0.6 is 7.82 Å². The van der Waals surface area contributed by atoms with E-state index in [9.17, 15) is 19.0 Å². The maximum absolute atomic E-state index is 14.0. The van der Waals surface area contributed by atoms with Crippen LogP contribution in [-0.2, 0) is 4.57 Å². The lowest BCUT2D eigenvalue weighted by Gasteiger charge is -2.19. The lowest BCUT2D eigenvalue weighted by atomic mass is 9.86. The van der Waals surface area contributed by atoms with Crippen LogP contribution in [0, 0.1) is 0 Å². The van der Waals surface area contributed by atoms with E-state index in [0.29, 0.717) is 55.6 Å². The Labute approximate surface area is 305 Å². The van der Waals surface area contributed by atoms with Gasteiger partial charge in [0.1, 0.15) is 11.5 Å². The Balaban J connectivity index is 1.26. The number of hydrogen-bond donors (Lipinski definition) is 1. The van der Waals surface area contributed by atoms with Crippen molar-refractivity contribution in [2.24, 2.45) is 0 Å². The van der Waals surface area contributed by atoms with Crippen molar-refractivity contribution >= 4 is 40.9 Å². The maximum Gasteiger partial charge on any atom is 0.584 e. The van der Waals surface area contributed by atoms with E-state index in [1.54, 1.807) is 48.5 Å². The molecule has 1 heterocycles. The monoisotopic (exact) mass is 708 g/mol. The van der Waals surface area contributed by atoms with Crippen LogP contribution in [0.3, 0.4) is 0 Å². The summed E-state index contributed by atoms with van der Waals surface area (Å²) >= 11 is 0. The summed E-state index contributed by atoms with van der Waals surface area (Å²) in [5, 5.41) is 3.38. The lowest BCUT2D eigenvalue weighted by molar-refractivity contribution is 0.103. The van der Waals surface area contributed by atoms with E-state index in [-0.39, 0.29) is 23.1 Å². The van der Waals surface area contributed by atoms with Crippen LogP contribution in [0.2, 0.25) is 0 Å². The van der Waals surface area contributed by atoms with Gasteiger partial charge in [-0.05, 0) is 44.8 Å². The SMILES string of the molecule is O=C(c1ccccc1)c1ccc(-c2cc3ccccc3c3c2OP(=O)(O)Oc2c(-c4ccc(C(=O)c5ccccc5)cc4)cc4ccccc4c2-3)cc1. The molecule has 1 N–H and O–H groups in total. The predicted molar refractivity (Wildman–Crippen MR) is 209 cm³/mol. The minimum Gasteiger partial charge on any atom is -0.394 e. The van der Waals surface area contributed by atoms with Crippen molar-refractivity contribution < 1.29 is 28.1 Å². The van der Waals surface area contributed by atoms with Crippen LogP contribution in [-0.4, -0.2) is 16.5 Å². The van der Waals surface area contributed by atoms with Gasteiger partial charge in [-0.15, -0.1) is 0 Å². The summed E-state index contributed by atoms with van der Waals surface area (Å²) in [5.74, 6) is 0.178. The Morgan fingerprint density at radius 1 is 0.434 bits per heavy atom. The van der Waals surface area contributed by atoms with E-state index >= 15 is 0 Å². The first-order valence-corrected chi connectivity index (χ1v) is 18.6. The minimum atomic E-state index is -4.78. The largest absolute Gasteiger partial charge is 0.584 e. The van der Waals surface area contributed by atoms with Crippen molar-refractivity contribution in [3.05, 3.63) is 192 Å². The zero-order valence-electron chi connectivity index (χ0n) is 28.1. The molecule has 1 aliphatic heterocycles. The van der Waals surface area contributed by atoms with Gasteiger partial charge >= 0.3 is 7.82 Å². The fourth-order valence-electron chi connectivity index (χ4n) is 7.14. The zero-order valence-corrected chi connectivity index (χ0v) is 29.0. The molecule has 254 valence electrons. The number of carbonyl (C=O) groups is 2. The first-order chi connectivity index (χ1) is 25.8. The smallest absolute Gasteiger partial charge is 0.394 e. The fourth-order valence-corrected chi connectivity index (χ4v) is 8.01. The molecule has 1 aliphatic rings. The average molecular weight is 709 g/mol. The van der Waals surface area contributed by atoms with Gasteiger partial charge in [-0.1, -0.05) is 158 Å². The first-order valence-electron chi connectivity index (χ1n) is 17.1. The second kappa shape index (κ2) is 12.9. The van der Waals surface area contributed by atoms with E-state index in [1.165, 1.54) is 0 Å².